The van der Waals surface area contributed by atoms with Crippen molar-refractivity contribution < 1.29 is 64.4 Å². The first-order chi connectivity index (χ1) is 9.24. The van der Waals surface area contributed by atoms with Crippen molar-refractivity contribution in [3.8, 4) is 0 Å². The Bertz CT molecular complexity index is 846. The van der Waals surface area contributed by atoms with Crippen LogP contribution >= 0.6 is 0 Å². The van der Waals surface area contributed by atoms with E-state index in [2.05, 4.69) is 15.3 Å². The molecule has 0 unspecified atom stereocenters. The summed E-state index contributed by atoms with van der Waals surface area (Å²) in [6, 6.07) is 3.29. The molecular weight excluding hydrogens is 329 g/mol. The minimum atomic E-state index is -4.69. The second-order valence-corrected chi connectivity index (χ2v) is 5.09. The number of H-pyrrole nitrogens is 2. The maximum absolute atomic E-state index is 11.0. The van der Waals surface area contributed by atoms with Crippen molar-refractivity contribution in [2.45, 2.75) is 4.90 Å². The summed E-state index contributed by atoms with van der Waals surface area (Å²) >= 11 is 0. The van der Waals surface area contributed by atoms with Gasteiger partial charge >= 0.3 is 62.8 Å². The number of hydrogen-bond acceptors (Lipinski definition) is 8. The third-order valence-electron chi connectivity index (χ3n) is 2.15. The number of nitrogens with one attached hydrogen (secondary N) is 3. The number of nitrogens with two attached hydrogens (primary N) is 1. The predicted octanol–water partition coefficient (Wildman–Crippen LogP) is -4.31. The second-order valence-electron chi connectivity index (χ2n) is 3.71. The summed E-state index contributed by atoms with van der Waals surface area (Å²) in [7, 11) is -4.69. The fraction of sp³-hybridized carbons (Fsp3) is 0. The van der Waals surface area contributed by atoms with E-state index in [1.807, 2.05) is 4.98 Å². The van der Waals surface area contributed by atoms with Gasteiger partial charge in [0.25, 0.3) is 0 Å². The van der Waals surface area contributed by atoms with Gasteiger partial charge in [0.2, 0.25) is 5.95 Å². The third kappa shape index (κ3) is 5.03. The van der Waals surface area contributed by atoms with Crippen molar-refractivity contribution in [1.29, 1.82) is 0 Å². The number of rotatable bonds is 3. The van der Waals surface area contributed by atoms with Crippen molar-refractivity contribution >= 4 is 27.4 Å². The van der Waals surface area contributed by atoms with Crippen molar-refractivity contribution in [3.63, 3.8) is 0 Å². The molecule has 0 fully saturated rings. The minimum absolute atomic E-state index is 0. The summed E-state index contributed by atoms with van der Waals surface area (Å²) in [5.74, 6) is -0.224. The third-order valence-corrected chi connectivity index (χ3v) is 2.96. The van der Waals surface area contributed by atoms with E-state index in [4.69, 9.17) is 5.73 Å². The Morgan fingerprint density at radius 3 is 2.43 bits per heavy atom. The topological polar surface area (TPSA) is 174 Å². The molecular formula is C9H8KN5O5S. The van der Waals surface area contributed by atoms with Crippen LogP contribution < -0.4 is 73.8 Å². The molecule has 0 aliphatic rings. The molecule has 0 aliphatic heterocycles. The minimum Gasteiger partial charge on any atom is -0.744 e. The molecule has 1 heterocycles. The van der Waals surface area contributed by atoms with Crippen LogP contribution in [0.4, 0.5) is 17.3 Å². The number of nitrogens with zero attached hydrogens (tertiary/aromatic N) is 1. The van der Waals surface area contributed by atoms with Gasteiger partial charge in [-0.2, -0.15) is 4.98 Å². The van der Waals surface area contributed by atoms with Crippen LogP contribution in [0.5, 0.6) is 0 Å². The number of aromatic nitrogens is 3. The fourth-order valence-electron chi connectivity index (χ4n) is 1.43. The first-order valence-corrected chi connectivity index (χ1v) is 6.49. The zero-order valence-electron chi connectivity index (χ0n) is 10.7. The van der Waals surface area contributed by atoms with Gasteiger partial charge in [0.1, 0.15) is 10.1 Å². The van der Waals surface area contributed by atoms with Crippen LogP contribution in [-0.4, -0.2) is 27.9 Å². The van der Waals surface area contributed by atoms with Crippen LogP contribution in [0.2, 0.25) is 0 Å². The summed E-state index contributed by atoms with van der Waals surface area (Å²) < 4.78 is 32.8. The molecule has 2 rings (SSSR count). The van der Waals surface area contributed by atoms with E-state index in [0.29, 0.717) is 0 Å². The Morgan fingerprint density at radius 2 is 1.86 bits per heavy atom. The number of benzene rings is 1. The molecule has 12 heteroatoms. The van der Waals surface area contributed by atoms with Gasteiger partial charge in [0.05, 0.1) is 4.90 Å². The van der Waals surface area contributed by atoms with Crippen molar-refractivity contribution in [2.75, 3.05) is 11.1 Å². The van der Waals surface area contributed by atoms with E-state index < -0.39 is 26.4 Å². The predicted molar refractivity (Wildman–Crippen MR) is 67.6 cm³/mol. The summed E-state index contributed by atoms with van der Waals surface area (Å²) in [5, 5.41) is 2.47. The number of anilines is 3. The average Bonchev–Trinajstić information content (AvgIpc) is 2.25. The number of aromatic amines is 2. The summed E-state index contributed by atoms with van der Waals surface area (Å²) in [5.41, 5.74) is 3.86. The van der Waals surface area contributed by atoms with Gasteiger partial charge in [0, 0.05) is 11.4 Å². The summed E-state index contributed by atoms with van der Waals surface area (Å²) in [4.78, 5) is 28.9. The molecule has 1 aromatic carbocycles. The van der Waals surface area contributed by atoms with E-state index in [-0.39, 0.29) is 68.7 Å². The Kier molecular flexibility index (Phi) is 5.86. The molecule has 10 nitrogen and oxygen atoms in total. The molecule has 0 radical (unpaired) electrons. The maximum Gasteiger partial charge on any atom is 1.00 e. The van der Waals surface area contributed by atoms with E-state index in [1.54, 1.807) is 0 Å². The molecule has 0 saturated carbocycles. The van der Waals surface area contributed by atoms with Crippen LogP contribution in [-0.2, 0) is 10.1 Å². The molecule has 1 aromatic heterocycles. The Morgan fingerprint density at radius 1 is 1.19 bits per heavy atom. The molecule has 2 aromatic rings. The van der Waals surface area contributed by atoms with Crippen LogP contribution in [0.25, 0.3) is 0 Å². The molecule has 0 saturated heterocycles. The molecule has 0 atom stereocenters. The van der Waals surface area contributed by atoms with Gasteiger partial charge in [-0.15, -0.1) is 0 Å². The fourth-order valence-corrected chi connectivity index (χ4v) is 1.98. The van der Waals surface area contributed by atoms with Gasteiger partial charge in [-0.05, 0) is 18.2 Å². The Hall–Kier alpha value is -1.02. The molecule has 0 bridgehead atoms. The van der Waals surface area contributed by atoms with Gasteiger partial charge in [-0.25, -0.2) is 18.0 Å². The van der Waals surface area contributed by atoms with Crippen LogP contribution in [0.3, 0.4) is 0 Å². The molecule has 0 spiro atoms. The van der Waals surface area contributed by atoms with Crippen molar-refractivity contribution in [2.24, 2.45) is 0 Å². The van der Waals surface area contributed by atoms with Gasteiger partial charge in [-0.3, -0.25) is 9.97 Å². The quantitative estimate of drug-likeness (QED) is 0.247. The standard InChI is InChI=1S/C9H9N5O5S.K/c10-4-1-5(3-6(2-4)20(17,18)19)11-7-12-8(15)14-9(16)13-7;/h1-3H,10H2,(H,17,18,19)(H3,11,12,13,14,15,16);/q;+1/p-1. The van der Waals surface area contributed by atoms with E-state index in [0.717, 1.165) is 12.1 Å². The second kappa shape index (κ2) is 6.82. The van der Waals surface area contributed by atoms with Crippen molar-refractivity contribution in [1.82, 2.24) is 15.0 Å². The average molecular weight is 337 g/mol. The number of hydrogen-bond donors (Lipinski definition) is 4. The van der Waals surface area contributed by atoms with Gasteiger partial charge in [0.15, 0.2) is 0 Å². The summed E-state index contributed by atoms with van der Waals surface area (Å²) in [6.45, 7) is 0. The van der Waals surface area contributed by atoms with Crippen LogP contribution in [0, 0.1) is 0 Å². The van der Waals surface area contributed by atoms with E-state index in [9.17, 15) is 22.6 Å². The van der Waals surface area contributed by atoms with Gasteiger partial charge in [-0.1, -0.05) is 0 Å². The van der Waals surface area contributed by atoms with Crippen LogP contribution in [0.15, 0.2) is 32.7 Å². The molecule has 106 valence electrons. The normalized spacial score (nSPS) is 10.7. The summed E-state index contributed by atoms with van der Waals surface area (Å²) in [6.07, 6.45) is 0. The Labute approximate surface area is 160 Å². The van der Waals surface area contributed by atoms with E-state index in [1.165, 1.54) is 6.07 Å². The zero-order chi connectivity index (χ0) is 14.9. The molecule has 0 aliphatic carbocycles. The van der Waals surface area contributed by atoms with Crippen molar-refractivity contribution in [3.05, 3.63) is 39.2 Å². The first-order valence-electron chi connectivity index (χ1n) is 5.08. The SMILES string of the molecule is Nc1cc(Nc2nc(=O)[nH]c(=O)[nH]2)cc(S(=O)(=O)[O-])c1.[K+]. The van der Waals surface area contributed by atoms with E-state index >= 15 is 0 Å². The molecule has 0 amide bonds. The monoisotopic (exact) mass is 337 g/mol. The molecule has 5 N–H and O–H groups in total. The first kappa shape index (κ1) is 18.0. The van der Waals surface area contributed by atoms with Gasteiger partial charge < -0.3 is 15.6 Å². The largest absolute Gasteiger partial charge is 1.00 e. The maximum atomic E-state index is 11.0. The molecule has 21 heavy (non-hydrogen) atoms. The van der Waals surface area contributed by atoms with Crippen LogP contribution in [0.1, 0.15) is 0 Å². The Balaban J connectivity index is 0.00000220. The zero-order valence-corrected chi connectivity index (χ0v) is 14.6. The number of nitrogen functional groups attached to an aromatic ring is 1. The smallest absolute Gasteiger partial charge is 0.744 e.